The number of hydrogen-bond acceptors (Lipinski definition) is 8. The van der Waals surface area contributed by atoms with Gasteiger partial charge in [0.1, 0.15) is 29.9 Å². The molecule has 1 amide bonds. The second kappa shape index (κ2) is 12.5. The molecule has 2 atom stereocenters. The standard InChI is InChI=1S/C34H36FN7O2/c1-3-31(43)42-18-17-41(20-24(42)12-14-36)33-26-13-16-40(30-11-5-8-23-7-4-10-29(35)32(23)30)21-28(26)27(19-37)34(38-33)44-22-25-9-6-15-39(25)2/h3-5,7-8,10-11,24-25H,1,6,9,12-13,15-18,20-22H2,2H3/t24-,25+/m1/s1. The minimum atomic E-state index is -0.317. The van der Waals surface area contributed by atoms with E-state index in [0.29, 0.717) is 62.6 Å². The van der Waals surface area contributed by atoms with Crippen molar-refractivity contribution in [3.63, 3.8) is 0 Å². The summed E-state index contributed by atoms with van der Waals surface area (Å²) in [5.74, 6) is 0.558. The number of carbonyl (C=O) groups is 1. The number of likely N-dealkylation sites (tertiary alicyclic amines) is 1. The third-order valence-corrected chi connectivity index (χ3v) is 9.27. The molecule has 0 spiro atoms. The summed E-state index contributed by atoms with van der Waals surface area (Å²) < 4.78 is 21.5. The first-order valence-corrected chi connectivity index (χ1v) is 15.2. The van der Waals surface area contributed by atoms with Crippen LogP contribution in [0.25, 0.3) is 10.8 Å². The molecule has 44 heavy (non-hydrogen) atoms. The molecule has 3 aromatic rings. The van der Waals surface area contributed by atoms with E-state index in [1.807, 2.05) is 24.3 Å². The Balaban J connectivity index is 1.41. The zero-order valence-electron chi connectivity index (χ0n) is 25.0. The molecule has 3 aliphatic heterocycles. The van der Waals surface area contributed by atoms with Gasteiger partial charge in [0.2, 0.25) is 11.8 Å². The van der Waals surface area contributed by atoms with Gasteiger partial charge in [0, 0.05) is 61.0 Å². The predicted molar refractivity (Wildman–Crippen MR) is 167 cm³/mol. The maximum atomic E-state index is 15.1. The van der Waals surface area contributed by atoms with Crippen LogP contribution in [0.4, 0.5) is 15.9 Å². The van der Waals surface area contributed by atoms with E-state index < -0.39 is 0 Å². The Morgan fingerprint density at radius 1 is 1.11 bits per heavy atom. The van der Waals surface area contributed by atoms with Gasteiger partial charge >= 0.3 is 0 Å². The van der Waals surface area contributed by atoms with E-state index in [1.165, 1.54) is 12.1 Å². The summed E-state index contributed by atoms with van der Waals surface area (Å²) in [4.78, 5) is 25.8. The first-order chi connectivity index (χ1) is 21.4. The number of halogens is 1. The molecule has 226 valence electrons. The fraction of sp³-hybridized carbons (Fsp3) is 0.412. The quantitative estimate of drug-likeness (QED) is 0.372. The molecule has 3 aliphatic rings. The number of rotatable bonds is 7. The molecule has 10 heteroatoms. The Bertz CT molecular complexity index is 1670. The van der Waals surface area contributed by atoms with Crippen LogP contribution in [-0.2, 0) is 17.8 Å². The molecule has 2 fully saturated rings. The topological polar surface area (TPSA) is 99.7 Å². The summed E-state index contributed by atoms with van der Waals surface area (Å²) in [6.07, 6.45) is 4.19. The Labute approximate surface area is 257 Å². The van der Waals surface area contributed by atoms with E-state index >= 15 is 4.39 Å². The lowest BCUT2D eigenvalue weighted by atomic mass is 9.94. The van der Waals surface area contributed by atoms with Crippen LogP contribution in [0.15, 0.2) is 49.1 Å². The molecule has 4 heterocycles. The van der Waals surface area contributed by atoms with Gasteiger partial charge in [-0.05, 0) is 56.4 Å². The first kappa shape index (κ1) is 29.4. The number of nitrogens with zero attached hydrogens (tertiary/aromatic N) is 7. The van der Waals surface area contributed by atoms with E-state index in [-0.39, 0.29) is 30.2 Å². The Morgan fingerprint density at radius 2 is 1.93 bits per heavy atom. The number of fused-ring (bicyclic) bond motifs is 2. The molecule has 0 bridgehead atoms. The molecule has 0 unspecified atom stereocenters. The van der Waals surface area contributed by atoms with Crippen LogP contribution in [0.1, 0.15) is 36.0 Å². The average Bonchev–Trinajstić information content (AvgIpc) is 3.46. The highest BCUT2D eigenvalue weighted by Crippen LogP contribution is 2.39. The van der Waals surface area contributed by atoms with Crippen molar-refractivity contribution in [3.05, 3.63) is 71.6 Å². The van der Waals surface area contributed by atoms with Crippen LogP contribution in [0, 0.1) is 28.5 Å². The van der Waals surface area contributed by atoms with E-state index in [0.717, 1.165) is 47.4 Å². The van der Waals surface area contributed by atoms with Crippen molar-refractivity contribution in [1.29, 1.82) is 10.5 Å². The fourth-order valence-electron chi connectivity index (χ4n) is 6.92. The van der Waals surface area contributed by atoms with Gasteiger partial charge in [-0.25, -0.2) is 4.39 Å². The largest absolute Gasteiger partial charge is 0.475 e. The summed E-state index contributed by atoms with van der Waals surface area (Å²) in [7, 11) is 2.08. The highest BCUT2D eigenvalue weighted by molar-refractivity contribution is 5.95. The summed E-state index contributed by atoms with van der Waals surface area (Å²) >= 11 is 0. The third-order valence-electron chi connectivity index (χ3n) is 9.27. The number of likely N-dealkylation sites (N-methyl/N-ethyl adjacent to an activating group) is 1. The summed E-state index contributed by atoms with van der Waals surface area (Å²) in [6.45, 7) is 7.46. The van der Waals surface area contributed by atoms with Crippen LogP contribution < -0.4 is 14.5 Å². The number of anilines is 2. The molecule has 1 aromatic heterocycles. The summed E-state index contributed by atoms with van der Waals surface area (Å²) in [6, 6.07) is 15.4. The minimum Gasteiger partial charge on any atom is -0.475 e. The van der Waals surface area contributed by atoms with E-state index in [9.17, 15) is 15.3 Å². The minimum absolute atomic E-state index is 0.187. The van der Waals surface area contributed by atoms with Crippen LogP contribution >= 0.6 is 0 Å². The van der Waals surface area contributed by atoms with E-state index in [4.69, 9.17) is 9.72 Å². The van der Waals surface area contributed by atoms with Crippen molar-refractivity contribution >= 4 is 28.2 Å². The number of pyridine rings is 1. The Hall–Kier alpha value is -4.67. The fourth-order valence-corrected chi connectivity index (χ4v) is 6.92. The van der Waals surface area contributed by atoms with Gasteiger partial charge in [-0.3, -0.25) is 4.79 Å². The molecule has 2 aromatic carbocycles. The number of carbonyl (C=O) groups excluding carboxylic acids is 1. The number of ether oxygens (including phenoxy) is 1. The van der Waals surface area contributed by atoms with Gasteiger partial charge in [-0.2, -0.15) is 15.5 Å². The first-order valence-electron chi connectivity index (χ1n) is 15.2. The lowest BCUT2D eigenvalue weighted by Crippen LogP contribution is -2.55. The Morgan fingerprint density at radius 3 is 2.66 bits per heavy atom. The van der Waals surface area contributed by atoms with Crippen LogP contribution in [-0.4, -0.2) is 79.2 Å². The van der Waals surface area contributed by atoms with E-state index in [2.05, 4.69) is 40.5 Å². The molecular weight excluding hydrogens is 557 g/mol. The van der Waals surface area contributed by atoms with Gasteiger partial charge in [-0.1, -0.05) is 30.8 Å². The highest BCUT2D eigenvalue weighted by atomic mass is 19.1. The average molecular weight is 594 g/mol. The maximum absolute atomic E-state index is 15.1. The number of nitriles is 2. The summed E-state index contributed by atoms with van der Waals surface area (Å²) in [5.41, 5.74) is 2.98. The number of hydrogen-bond donors (Lipinski definition) is 0. The lowest BCUT2D eigenvalue weighted by Gasteiger charge is -2.42. The molecule has 6 rings (SSSR count). The predicted octanol–water partition coefficient (Wildman–Crippen LogP) is 4.40. The van der Waals surface area contributed by atoms with Crippen molar-refractivity contribution in [2.75, 3.05) is 56.2 Å². The van der Waals surface area contributed by atoms with Crippen LogP contribution in [0.3, 0.4) is 0 Å². The Kier molecular flexibility index (Phi) is 8.36. The molecule has 9 nitrogen and oxygen atoms in total. The summed E-state index contributed by atoms with van der Waals surface area (Å²) in [5, 5.41) is 21.4. The van der Waals surface area contributed by atoms with Gasteiger partial charge in [-0.15, -0.1) is 0 Å². The number of piperazine rings is 1. The molecule has 0 saturated carbocycles. The van der Waals surface area contributed by atoms with E-state index in [1.54, 1.807) is 11.0 Å². The van der Waals surface area contributed by atoms with Gasteiger partial charge in [0.15, 0.2) is 0 Å². The second-order valence-corrected chi connectivity index (χ2v) is 11.8. The molecule has 0 N–H and O–H groups in total. The maximum Gasteiger partial charge on any atom is 0.246 e. The number of amides is 1. The van der Waals surface area contributed by atoms with Crippen molar-refractivity contribution in [2.45, 2.75) is 44.3 Å². The van der Waals surface area contributed by atoms with Crippen molar-refractivity contribution in [1.82, 2.24) is 14.8 Å². The zero-order valence-corrected chi connectivity index (χ0v) is 25.0. The SMILES string of the molecule is C=CC(=O)N1CCN(c2nc(OC[C@@H]3CCCN3C)c(C#N)c3c2CCN(c2cccc4cccc(F)c24)C3)C[C@H]1CC#N. The van der Waals surface area contributed by atoms with Gasteiger partial charge < -0.3 is 24.3 Å². The smallest absolute Gasteiger partial charge is 0.246 e. The number of benzene rings is 2. The molecule has 0 aliphatic carbocycles. The second-order valence-electron chi connectivity index (χ2n) is 11.8. The van der Waals surface area contributed by atoms with Crippen molar-refractivity contribution < 1.29 is 13.9 Å². The highest BCUT2D eigenvalue weighted by Gasteiger charge is 2.35. The van der Waals surface area contributed by atoms with Crippen molar-refractivity contribution in [3.8, 4) is 18.0 Å². The molecular formula is C34H36FN7O2. The van der Waals surface area contributed by atoms with Crippen molar-refractivity contribution in [2.24, 2.45) is 0 Å². The molecule has 0 radical (unpaired) electrons. The normalized spacial score (nSPS) is 20.2. The lowest BCUT2D eigenvalue weighted by molar-refractivity contribution is -0.128. The molecule has 2 saturated heterocycles. The van der Waals surface area contributed by atoms with Crippen LogP contribution in [0.2, 0.25) is 0 Å². The third kappa shape index (κ3) is 5.42. The van der Waals surface area contributed by atoms with Gasteiger partial charge in [0.25, 0.3) is 0 Å². The number of aromatic nitrogens is 1. The van der Waals surface area contributed by atoms with Crippen LogP contribution in [0.5, 0.6) is 5.88 Å². The monoisotopic (exact) mass is 593 g/mol. The zero-order chi connectivity index (χ0) is 30.8. The van der Waals surface area contributed by atoms with Gasteiger partial charge in [0.05, 0.1) is 18.5 Å².